The molecule has 3 aromatic rings. The third-order valence-corrected chi connectivity index (χ3v) is 6.75. The summed E-state index contributed by atoms with van der Waals surface area (Å²) in [5, 5.41) is 0.470. The summed E-state index contributed by atoms with van der Waals surface area (Å²) in [7, 11) is 2.91. The number of ether oxygens (including phenoxy) is 2. The molecule has 1 aromatic carbocycles. The van der Waals surface area contributed by atoms with Gasteiger partial charge in [-0.3, -0.25) is 4.79 Å². The van der Waals surface area contributed by atoms with Crippen LogP contribution in [0.15, 0.2) is 36.5 Å². The summed E-state index contributed by atoms with van der Waals surface area (Å²) >= 11 is 1.31. The first-order valence-electron chi connectivity index (χ1n) is 9.78. The molecule has 1 aliphatic rings. The minimum absolute atomic E-state index is 0.0956. The average molecular weight is 431 g/mol. The lowest BCUT2D eigenvalue weighted by Gasteiger charge is -2.33. The van der Waals surface area contributed by atoms with Gasteiger partial charge >= 0.3 is 5.97 Å². The van der Waals surface area contributed by atoms with Crippen LogP contribution >= 0.6 is 11.3 Å². The quantitative estimate of drug-likeness (QED) is 0.568. The van der Waals surface area contributed by atoms with Crippen LogP contribution in [-0.2, 0) is 16.1 Å². The van der Waals surface area contributed by atoms with Crippen LogP contribution in [0, 0.1) is 5.82 Å². The second-order valence-corrected chi connectivity index (χ2v) is 8.32. The van der Waals surface area contributed by atoms with Crippen LogP contribution < -0.4 is 0 Å². The Bertz CT molecular complexity index is 1080. The second-order valence-electron chi connectivity index (χ2n) is 7.27. The van der Waals surface area contributed by atoms with Crippen LogP contribution in [0.2, 0.25) is 0 Å². The van der Waals surface area contributed by atoms with Crippen molar-refractivity contribution >= 4 is 33.3 Å². The summed E-state index contributed by atoms with van der Waals surface area (Å²) < 4.78 is 27.2. The molecule has 0 bridgehead atoms. The van der Waals surface area contributed by atoms with Crippen LogP contribution in [0.3, 0.4) is 0 Å². The molecule has 4 rings (SSSR count). The first kappa shape index (κ1) is 20.6. The number of carbonyl (C=O) groups is 2. The predicted octanol–water partition coefficient (Wildman–Crippen LogP) is 4.25. The summed E-state index contributed by atoms with van der Waals surface area (Å²) in [6, 6.07) is 8.57. The lowest BCUT2D eigenvalue weighted by Crippen LogP contribution is -2.39. The van der Waals surface area contributed by atoms with Gasteiger partial charge < -0.3 is 18.9 Å². The van der Waals surface area contributed by atoms with Crippen molar-refractivity contribution in [1.29, 1.82) is 0 Å². The molecule has 1 aliphatic heterocycles. The maximum atomic E-state index is 14.4. The first-order chi connectivity index (χ1) is 14.5. The van der Waals surface area contributed by atoms with Gasteiger partial charge in [-0.25, -0.2) is 9.18 Å². The number of carbonyl (C=O) groups excluding carboxylic acids is 2. The highest BCUT2D eigenvalue weighted by Gasteiger charge is 2.29. The number of aromatic nitrogens is 1. The molecule has 8 heteroatoms. The van der Waals surface area contributed by atoms with E-state index in [9.17, 15) is 14.0 Å². The van der Waals surface area contributed by atoms with Gasteiger partial charge in [0.25, 0.3) is 5.91 Å². The lowest BCUT2D eigenvalue weighted by molar-refractivity contribution is 0.0573. The Hall–Kier alpha value is -2.71. The zero-order valence-corrected chi connectivity index (χ0v) is 17.7. The Kier molecular flexibility index (Phi) is 5.87. The van der Waals surface area contributed by atoms with Crippen molar-refractivity contribution in [2.75, 3.05) is 27.3 Å². The van der Waals surface area contributed by atoms with E-state index in [4.69, 9.17) is 9.47 Å². The van der Waals surface area contributed by atoms with E-state index >= 15 is 0 Å². The summed E-state index contributed by atoms with van der Waals surface area (Å²) in [5.41, 5.74) is 1.13. The van der Waals surface area contributed by atoms with E-state index in [2.05, 4.69) is 0 Å². The Balaban J connectivity index is 1.54. The van der Waals surface area contributed by atoms with Crippen LogP contribution in [0.5, 0.6) is 0 Å². The Morgan fingerprint density at radius 3 is 2.63 bits per heavy atom. The summed E-state index contributed by atoms with van der Waals surface area (Å²) in [6.45, 7) is 1.31. The number of likely N-dealkylation sites (tertiary alicyclic amines) is 1. The zero-order chi connectivity index (χ0) is 21.3. The number of halogens is 1. The number of nitrogens with zero attached hydrogens (tertiary/aromatic N) is 2. The molecule has 158 valence electrons. The molecule has 6 nitrogen and oxygen atoms in total. The van der Waals surface area contributed by atoms with Crippen molar-refractivity contribution < 1.29 is 23.5 Å². The molecule has 1 amide bonds. The average Bonchev–Trinajstić information content (AvgIpc) is 3.39. The van der Waals surface area contributed by atoms with Crippen molar-refractivity contribution in [3.8, 4) is 0 Å². The van der Waals surface area contributed by atoms with Crippen molar-refractivity contribution in [2.24, 2.45) is 0 Å². The highest BCUT2D eigenvalue weighted by Crippen LogP contribution is 2.35. The fourth-order valence-corrected chi connectivity index (χ4v) is 5.29. The van der Waals surface area contributed by atoms with Gasteiger partial charge in [-0.05, 0) is 37.1 Å². The third kappa shape index (κ3) is 3.61. The molecule has 0 saturated carbocycles. The highest BCUT2D eigenvalue weighted by molar-refractivity contribution is 7.21. The molecule has 0 radical (unpaired) electrons. The van der Waals surface area contributed by atoms with Crippen molar-refractivity contribution in [2.45, 2.75) is 25.5 Å². The number of hydrogen-bond donors (Lipinski definition) is 0. The fraction of sp³-hybridized carbons (Fsp3) is 0.364. The van der Waals surface area contributed by atoms with E-state index in [-0.39, 0.29) is 30.3 Å². The minimum Gasteiger partial charge on any atom is -0.464 e. The first-order valence-corrected chi connectivity index (χ1v) is 10.6. The largest absolute Gasteiger partial charge is 0.464 e. The van der Waals surface area contributed by atoms with Gasteiger partial charge in [0.1, 0.15) is 11.5 Å². The van der Waals surface area contributed by atoms with Gasteiger partial charge in [-0.2, -0.15) is 0 Å². The van der Waals surface area contributed by atoms with Gasteiger partial charge in [0.05, 0.1) is 18.6 Å². The number of rotatable bonds is 5. The SMILES string of the molecule is COCc1c(C(=O)N2CCC(n3cccc3C(=O)OC)CC2)sc2cccc(F)c12. The molecule has 3 heterocycles. The maximum Gasteiger partial charge on any atom is 0.354 e. The number of esters is 1. The Morgan fingerprint density at radius 2 is 1.93 bits per heavy atom. The highest BCUT2D eigenvalue weighted by atomic mass is 32.1. The van der Waals surface area contributed by atoms with Gasteiger partial charge in [-0.1, -0.05) is 6.07 Å². The summed E-state index contributed by atoms with van der Waals surface area (Å²) in [5.74, 6) is -0.798. The van der Waals surface area contributed by atoms with E-state index in [0.717, 1.165) is 17.5 Å². The van der Waals surface area contributed by atoms with E-state index in [1.165, 1.54) is 24.5 Å². The summed E-state index contributed by atoms with van der Waals surface area (Å²) in [4.78, 5) is 27.6. The van der Waals surface area contributed by atoms with Crippen LogP contribution in [0.1, 0.15) is 44.6 Å². The molecule has 30 heavy (non-hydrogen) atoms. The number of thiophene rings is 1. The van der Waals surface area contributed by atoms with Crippen molar-refractivity contribution in [3.63, 3.8) is 0 Å². The topological polar surface area (TPSA) is 60.8 Å². The number of amides is 1. The number of benzene rings is 1. The molecule has 0 aliphatic carbocycles. The molecule has 2 aromatic heterocycles. The van der Waals surface area contributed by atoms with E-state index in [1.54, 1.807) is 24.1 Å². The standard InChI is InChI=1S/C22H23FN2O4S/c1-28-13-15-19-16(23)5-3-7-18(19)30-20(15)21(26)24-11-8-14(9-12-24)25-10-4-6-17(25)22(27)29-2/h3-7,10,14H,8-9,11-13H2,1-2H3. The van der Waals surface area contributed by atoms with Gasteiger partial charge in [0.15, 0.2) is 0 Å². The number of methoxy groups -OCH3 is 2. The number of hydrogen-bond acceptors (Lipinski definition) is 5. The molecule has 0 spiro atoms. The van der Waals surface area contributed by atoms with Crippen LogP contribution in [0.25, 0.3) is 10.1 Å². The molecule has 0 unspecified atom stereocenters. The molecular weight excluding hydrogens is 407 g/mol. The van der Waals surface area contributed by atoms with Crippen molar-refractivity contribution in [1.82, 2.24) is 9.47 Å². The van der Waals surface area contributed by atoms with Crippen LogP contribution in [0.4, 0.5) is 4.39 Å². The van der Waals surface area contributed by atoms with Gasteiger partial charge in [-0.15, -0.1) is 11.3 Å². The maximum absolute atomic E-state index is 14.4. The smallest absolute Gasteiger partial charge is 0.354 e. The minimum atomic E-state index is -0.366. The Labute approximate surface area is 177 Å². The van der Waals surface area contributed by atoms with Crippen molar-refractivity contribution in [3.05, 3.63) is 58.5 Å². The molecule has 1 saturated heterocycles. The van der Waals surface area contributed by atoms with E-state index in [1.807, 2.05) is 22.9 Å². The van der Waals surface area contributed by atoms with E-state index in [0.29, 0.717) is 34.6 Å². The van der Waals surface area contributed by atoms with Gasteiger partial charge in [0.2, 0.25) is 0 Å². The monoisotopic (exact) mass is 430 g/mol. The predicted molar refractivity (Wildman–Crippen MR) is 112 cm³/mol. The molecule has 1 fully saturated rings. The van der Waals surface area contributed by atoms with Gasteiger partial charge in [0, 0.05) is 48.1 Å². The van der Waals surface area contributed by atoms with E-state index < -0.39 is 0 Å². The summed E-state index contributed by atoms with van der Waals surface area (Å²) in [6.07, 6.45) is 3.33. The fourth-order valence-electron chi connectivity index (χ4n) is 4.10. The normalized spacial score (nSPS) is 15.0. The lowest BCUT2D eigenvalue weighted by atomic mass is 10.0. The molecular formula is C22H23FN2O4S. The number of piperidine rings is 1. The third-order valence-electron chi connectivity index (χ3n) is 5.56. The second kappa shape index (κ2) is 8.57. The Morgan fingerprint density at radius 1 is 1.17 bits per heavy atom. The zero-order valence-electron chi connectivity index (χ0n) is 16.9. The molecule has 0 atom stereocenters. The molecule has 0 N–H and O–H groups in total. The van der Waals surface area contributed by atoms with Crippen LogP contribution in [-0.4, -0.2) is 48.7 Å². The number of fused-ring (bicyclic) bond motifs is 1.